The minimum absolute atomic E-state index is 0.454. The predicted molar refractivity (Wildman–Crippen MR) is 74.9 cm³/mol. The van der Waals surface area contributed by atoms with Gasteiger partial charge in [-0.2, -0.15) is 5.10 Å². The highest BCUT2D eigenvalue weighted by Crippen LogP contribution is 2.23. The molecular formula is C15H23N3. The van der Waals surface area contributed by atoms with Crippen LogP contribution < -0.4 is 0 Å². The van der Waals surface area contributed by atoms with Gasteiger partial charge in [0.05, 0.1) is 11.4 Å². The van der Waals surface area contributed by atoms with Gasteiger partial charge in [-0.3, -0.25) is 0 Å². The van der Waals surface area contributed by atoms with Gasteiger partial charge in [0, 0.05) is 6.20 Å². The number of aromatic nitrogens is 3. The topological polar surface area (TPSA) is 30.2 Å². The van der Waals surface area contributed by atoms with Crippen LogP contribution in [0.25, 0.3) is 5.65 Å². The van der Waals surface area contributed by atoms with Crippen molar-refractivity contribution in [2.45, 2.75) is 52.9 Å². The zero-order chi connectivity index (χ0) is 13.1. The van der Waals surface area contributed by atoms with Gasteiger partial charge in [-0.25, -0.2) is 9.50 Å². The minimum atomic E-state index is 0.454. The zero-order valence-electron chi connectivity index (χ0n) is 11.8. The largest absolute Gasteiger partial charge is 0.232 e. The fourth-order valence-corrected chi connectivity index (χ4v) is 2.53. The summed E-state index contributed by atoms with van der Waals surface area (Å²) in [6.45, 7) is 8.97. The molecule has 2 heterocycles. The van der Waals surface area contributed by atoms with E-state index < -0.39 is 0 Å². The Kier molecular flexibility index (Phi) is 4.00. The molecule has 98 valence electrons. The monoisotopic (exact) mass is 245 g/mol. The molecule has 1 atom stereocenters. The second-order valence-electron chi connectivity index (χ2n) is 5.49. The fourth-order valence-electron chi connectivity index (χ4n) is 2.53. The first-order valence-corrected chi connectivity index (χ1v) is 6.96. The highest BCUT2D eigenvalue weighted by Gasteiger charge is 2.17. The molecule has 0 saturated carbocycles. The molecular weight excluding hydrogens is 222 g/mol. The third kappa shape index (κ3) is 2.55. The standard InChI is InChI=1S/C15H23N3/c1-5-7-12(4)10-13-15(11(2)3)17-14-8-6-9-16-18(13)14/h6,8-9,11-12H,5,7,10H2,1-4H3. The van der Waals surface area contributed by atoms with Crippen LogP contribution in [-0.4, -0.2) is 14.6 Å². The van der Waals surface area contributed by atoms with E-state index >= 15 is 0 Å². The van der Waals surface area contributed by atoms with Crippen molar-refractivity contribution < 1.29 is 0 Å². The SMILES string of the molecule is CCCC(C)Cc1c(C(C)C)nc2cccnn12. The second kappa shape index (κ2) is 5.51. The van der Waals surface area contributed by atoms with Crippen LogP contribution in [0.1, 0.15) is 57.8 Å². The van der Waals surface area contributed by atoms with Crippen LogP contribution in [0.3, 0.4) is 0 Å². The molecule has 18 heavy (non-hydrogen) atoms. The number of nitrogens with zero attached hydrogens (tertiary/aromatic N) is 3. The van der Waals surface area contributed by atoms with Gasteiger partial charge in [-0.15, -0.1) is 0 Å². The zero-order valence-corrected chi connectivity index (χ0v) is 11.8. The molecule has 1 unspecified atom stereocenters. The average molecular weight is 245 g/mol. The Morgan fingerprint density at radius 2 is 2.06 bits per heavy atom. The maximum Gasteiger partial charge on any atom is 0.154 e. The lowest BCUT2D eigenvalue weighted by molar-refractivity contribution is 0.507. The first-order valence-electron chi connectivity index (χ1n) is 6.96. The van der Waals surface area contributed by atoms with Crippen LogP contribution in [0.4, 0.5) is 0 Å². The van der Waals surface area contributed by atoms with Crippen LogP contribution >= 0.6 is 0 Å². The van der Waals surface area contributed by atoms with Gasteiger partial charge < -0.3 is 0 Å². The van der Waals surface area contributed by atoms with E-state index in [1.54, 1.807) is 0 Å². The Morgan fingerprint density at radius 3 is 2.72 bits per heavy atom. The summed E-state index contributed by atoms with van der Waals surface area (Å²) >= 11 is 0. The number of rotatable bonds is 5. The Bertz CT molecular complexity index is 513. The number of hydrogen-bond acceptors (Lipinski definition) is 2. The molecule has 0 aromatic carbocycles. The van der Waals surface area contributed by atoms with E-state index in [0.717, 1.165) is 12.1 Å². The van der Waals surface area contributed by atoms with E-state index in [1.807, 2.05) is 22.8 Å². The highest BCUT2D eigenvalue weighted by atomic mass is 15.3. The Hall–Kier alpha value is -1.38. The van der Waals surface area contributed by atoms with Gasteiger partial charge in [0.1, 0.15) is 0 Å². The summed E-state index contributed by atoms with van der Waals surface area (Å²) in [7, 11) is 0. The van der Waals surface area contributed by atoms with Crippen molar-refractivity contribution >= 4 is 5.65 Å². The molecule has 2 rings (SSSR count). The van der Waals surface area contributed by atoms with Crippen LogP contribution in [0, 0.1) is 5.92 Å². The summed E-state index contributed by atoms with van der Waals surface area (Å²) in [4.78, 5) is 4.73. The number of imidazole rings is 1. The Balaban J connectivity index is 2.42. The molecule has 3 nitrogen and oxygen atoms in total. The molecule has 0 aliphatic rings. The van der Waals surface area contributed by atoms with Gasteiger partial charge >= 0.3 is 0 Å². The van der Waals surface area contributed by atoms with E-state index in [4.69, 9.17) is 4.98 Å². The fraction of sp³-hybridized carbons (Fsp3) is 0.600. The third-order valence-electron chi connectivity index (χ3n) is 3.39. The van der Waals surface area contributed by atoms with Crippen molar-refractivity contribution in [1.29, 1.82) is 0 Å². The maximum atomic E-state index is 4.73. The maximum absolute atomic E-state index is 4.73. The van der Waals surface area contributed by atoms with Crippen molar-refractivity contribution in [3.05, 3.63) is 29.7 Å². The highest BCUT2D eigenvalue weighted by molar-refractivity contribution is 5.42. The Labute approximate surface area is 109 Å². The first-order chi connectivity index (χ1) is 8.63. The summed E-state index contributed by atoms with van der Waals surface area (Å²) in [5.74, 6) is 1.14. The van der Waals surface area contributed by atoms with Crippen molar-refractivity contribution in [3.8, 4) is 0 Å². The molecule has 2 aromatic rings. The molecule has 0 saturated heterocycles. The van der Waals surface area contributed by atoms with Crippen molar-refractivity contribution in [3.63, 3.8) is 0 Å². The van der Waals surface area contributed by atoms with Crippen LogP contribution in [0.2, 0.25) is 0 Å². The lowest BCUT2D eigenvalue weighted by Crippen LogP contribution is -2.07. The Morgan fingerprint density at radius 1 is 1.28 bits per heavy atom. The van der Waals surface area contributed by atoms with Gasteiger partial charge in [-0.05, 0) is 30.4 Å². The van der Waals surface area contributed by atoms with Gasteiger partial charge in [0.2, 0.25) is 0 Å². The molecule has 0 aliphatic carbocycles. The lowest BCUT2D eigenvalue weighted by Gasteiger charge is -2.12. The van der Waals surface area contributed by atoms with Crippen LogP contribution in [-0.2, 0) is 6.42 Å². The second-order valence-corrected chi connectivity index (χ2v) is 5.49. The predicted octanol–water partition coefficient (Wildman–Crippen LogP) is 3.83. The van der Waals surface area contributed by atoms with Gasteiger partial charge in [0.25, 0.3) is 0 Å². The summed E-state index contributed by atoms with van der Waals surface area (Å²) < 4.78 is 2.02. The van der Waals surface area contributed by atoms with Crippen molar-refractivity contribution in [2.24, 2.45) is 5.92 Å². The van der Waals surface area contributed by atoms with E-state index in [1.165, 1.54) is 24.2 Å². The third-order valence-corrected chi connectivity index (χ3v) is 3.39. The summed E-state index contributed by atoms with van der Waals surface area (Å²) in [5, 5.41) is 4.45. The molecule has 3 heteroatoms. The normalized spacial score (nSPS) is 13.4. The molecule has 0 bridgehead atoms. The molecule has 0 aliphatic heterocycles. The molecule has 0 amide bonds. The number of fused-ring (bicyclic) bond motifs is 1. The molecule has 2 aromatic heterocycles. The quantitative estimate of drug-likeness (QED) is 0.801. The average Bonchev–Trinajstić information content (AvgIpc) is 2.69. The molecule has 0 fully saturated rings. The van der Waals surface area contributed by atoms with E-state index in [0.29, 0.717) is 11.8 Å². The molecule has 0 spiro atoms. The van der Waals surface area contributed by atoms with Crippen LogP contribution in [0.5, 0.6) is 0 Å². The van der Waals surface area contributed by atoms with E-state index in [9.17, 15) is 0 Å². The summed E-state index contributed by atoms with van der Waals surface area (Å²) in [6.07, 6.45) is 5.41. The lowest BCUT2D eigenvalue weighted by atomic mass is 9.97. The molecule has 0 N–H and O–H groups in total. The molecule has 0 radical (unpaired) electrons. The summed E-state index contributed by atoms with van der Waals surface area (Å²) in [6, 6.07) is 3.98. The number of hydrogen-bond donors (Lipinski definition) is 0. The van der Waals surface area contributed by atoms with Crippen molar-refractivity contribution in [2.75, 3.05) is 0 Å². The van der Waals surface area contributed by atoms with Gasteiger partial charge in [0.15, 0.2) is 5.65 Å². The smallest absolute Gasteiger partial charge is 0.154 e. The summed E-state index contributed by atoms with van der Waals surface area (Å²) in [5.41, 5.74) is 3.47. The van der Waals surface area contributed by atoms with Crippen LogP contribution in [0.15, 0.2) is 18.3 Å². The minimum Gasteiger partial charge on any atom is -0.232 e. The van der Waals surface area contributed by atoms with E-state index in [2.05, 4.69) is 32.8 Å². The van der Waals surface area contributed by atoms with E-state index in [-0.39, 0.29) is 0 Å². The van der Waals surface area contributed by atoms with Gasteiger partial charge in [-0.1, -0.05) is 40.5 Å². The first kappa shape index (κ1) is 13.1. The van der Waals surface area contributed by atoms with Crippen molar-refractivity contribution in [1.82, 2.24) is 14.6 Å².